The molecule has 0 radical (unpaired) electrons. The van der Waals surface area contributed by atoms with Crippen molar-refractivity contribution in [2.24, 2.45) is 11.8 Å². The van der Waals surface area contributed by atoms with Gasteiger partial charge in [-0.1, -0.05) is 59.6 Å². The molecule has 0 aromatic heterocycles. The molecule has 0 saturated heterocycles. The van der Waals surface area contributed by atoms with Crippen LogP contribution in [-0.4, -0.2) is 23.9 Å². The molecule has 21 heavy (non-hydrogen) atoms. The van der Waals surface area contributed by atoms with E-state index in [4.69, 9.17) is 0 Å². The Morgan fingerprint density at radius 3 is 1.76 bits per heavy atom. The van der Waals surface area contributed by atoms with Crippen LogP contribution in [-0.2, 0) is 0 Å². The molecule has 0 spiro atoms. The molecule has 0 aliphatic rings. The van der Waals surface area contributed by atoms with Crippen LogP contribution in [0.1, 0.15) is 50.9 Å². The number of carbonyl (C=O) groups excluding carboxylic acids is 1. The van der Waals surface area contributed by atoms with Crippen molar-refractivity contribution in [1.82, 2.24) is 4.90 Å². The minimum Gasteiger partial charge on any atom is -0.339 e. The topological polar surface area (TPSA) is 20.3 Å². The lowest BCUT2D eigenvalue weighted by Crippen LogP contribution is -2.34. The summed E-state index contributed by atoms with van der Waals surface area (Å²) in [5.74, 6) is 1.33. The van der Waals surface area contributed by atoms with Gasteiger partial charge in [-0.05, 0) is 42.9 Å². The first kappa shape index (κ1) is 18.7. The van der Waals surface area contributed by atoms with Crippen LogP contribution in [0.4, 0.5) is 0 Å². The fourth-order valence-corrected chi connectivity index (χ4v) is 3.30. The van der Waals surface area contributed by atoms with Crippen LogP contribution >= 0.6 is 31.9 Å². The van der Waals surface area contributed by atoms with Crippen LogP contribution in [0.2, 0.25) is 0 Å². The first-order valence-corrected chi connectivity index (χ1v) is 9.13. The second-order valence-electron chi connectivity index (χ2n) is 6.32. The molecule has 1 aromatic rings. The summed E-state index contributed by atoms with van der Waals surface area (Å²) in [6, 6.07) is 5.74. The molecule has 2 nitrogen and oxygen atoms in total. The highest BCUT2D eigenvalue weighted by molar-refractivity contribution is 9.11. The third-order valence-corrected chi connectivity index (χ3v) is 4.27. The molecule has 0 bridgehead atoms. The van der Waals surface area contributed by atoms with Crippen LogP contribution in [0, 0.1) is 11.8 Å². The molecule has 0 unspecified atom stereocenters. The zero-order valence-electron chi connectivity index (χ0n) is 13.3. The highest BCUT2D eigenvalue weighted by atomic mass is 79.9. The Morgan fingerprint density at radius 2 is 1.38 bits per heavy atom. The number of amides is 1. The van der Waals surface area contributed by atoms with Crippen molar-refractivity contribution in [2.45, 2.75) is 40.5 Å². The minimum absolute atomic E-state index is 0.123. The lowest BCUT2D eigenvalue weighted by molar-refractivity contribution is 0.0740. The molecule has 0 atom stereocenters. The number of halogens is 2. The maximum Gasteiger partial charge on any atom is 0.253 e. The van der Waals surface area contributed by atoms with Crippen LogP contribution in [0.25, 0.3) is 0 Å². The number of hydrogen-bond acceptors (Lipinski definition) is 1. The fourth-order valence-electron chi connectivity index (χ4n) is 2.00. The summed E-state index contributed by atoms with van der Waals surface area (Å²) in [5, 5.41) is 0. The van der Waals surface area contributed by atoms with Crippen molar-refractivity contribution in [1.29, 1.82) is 0 Å². The molecule has 1 aromatic carbocycles. The largest absolute Gasteiger partial charge is 0.339 e. The Balaban J connectivity index is 2.86. The first-order chi connectivity index (χ1) is 9.79. The zero-order valence-corrected chi connectivity index (χ0v) is 16.5. The van der Waals surface area contributed by atoms with Crippen LogP contribution < -0.4 is 0 Å². The second kappa shape index (κ2) is 8.94. The van der Waals surface area contributed by atoms with Gasteiger partial charge >= 0.3 is 0 Å². The quantitative estimate of drug-likeness (QED) is 0.552. The van der Waals surface area contributed by atoms with Gasteiger partial charge in [-0.25, -0.2) is 0 Å². The van der Waals surface area contributed by atoms with Gasteiger partial charge in [0.05, 0.1) is 0 Å². The van der Waals surface area contributed by atoms with E-state index in [1.807, 2.05) is 23.1 Å². The van der Waals surface area contributed by atoms with E-state index in [9.17, 15) is 4.79 Å². The van der Waals surface area contributed by atoms with Crippen molar-refractivity contribution >= 4 is 37.8 Å². The van der Waals surface area contributed by atoms with Gasteiger partial charge in [0, 0.05) is 27.6 Å². The Bertz CT molecular complexity index is 440. The maximum absolute atomic E-state index is 12.8. The summed E-state index contributed by atoms with van der Waals surface area (Å²) in [6.45, 7) is 10.4. The van der Waals surface area contributed by atoms with Crippen molar-refractivity contribution in [3.63, 3.8) is 0 Å². The molecule has 4 heteroatoms. The summed E-state index contributed by atoms with van der Waals surface area (Å²) >= 11 is 6.91. The SMILES string of the molecule is CC(C)CCN(CCC(C)C)C(=O)c1cc(Br)cc(Br)c1. The van der Waals surface area contributed by atoms with Crippen LogP contribution in [0.3, 0.4) is 0 Å². The van der Waals surface area contributed by atoms with Crippen molar-refractivity contribution < 1.29 is 4.79 Å². The van der Waals surface area contributed by atoms with E-state index in [0.717, 1.165) is 40.4 Å². The number of carbonyl (C=O) groups is 1. The van der Waals surface area contributed by atoms with Gasteiger partial charge in [0.1, 0.15) is 0 Å². The monoisotopic (exact) mass is 417 g/mol. The molecule has 0 aliphatic heterocycles. The molecule has 0 aliphatic carbocycles. The van der Waals surface area contributed by atoms with Crippen molar-refractivity contribution in [3.05, 3.63) is 32.7 Å². The first-order valence-electron chi connectivity index (χ1n) is 7.55. The standard InChI is InChI=1S/C17H25Br2NO/c1-12(2)5-7-20(8-6-13(3)4)17(21)14-9-15(18)11-16(19)10-14/h9-13H,5-8H2,1-4H3. The number of rotatable bonds is 7. The Morgan fingerprint density at radius 1 is 0.952 bits per heavy atom. The van der Waals surface area contributed by atoms with Crippen LogP contribution in [0.5, 0.6) is 0 Å². The summed E-state index contributed by atoms with van der Waals surface area (Å²) in [6.07, 6.45) is 2.08. The van der Waals surface area contributed by atoms with Gasteiger partial charge in [0.25, 0.3) is 5.91 Å². The van der Waals surface area contributed by atoms with Crippen LogP contribution in [0.15, 0.2) is 27.1 Å². The van der Waals surface area contributed by atoms with E-state index in [0.29, 0.717) is 11.8 Å². The average molecular weight is 419 g/mol. The lowest BCUT2D eigenvalue weighted by Gasteiger charge is -2.25. The van der Waals surface area contributed by atoms with Gasteiger partial charge in [-0.15, -0.1) is 0 Å². The third-order valence-electron chi connectivity index (χ3n) is 3.35. The van der Waals surface area contributed by atoms with E-state index in [1.54, 1.807) is 0 Å². The highest BCUT2D eigenvalue weighted by Crippen LogP contribution is 2.21. The maximum atomic E-state index is 12.8. The number of hydrogen-bond donors (Lipinski definition) is 0. The zero-order chi connectivity index (χ0) is 16.0. The van der Waals surface area contributed by atoms with E-state index < -0.39 is 0 Å². The van der Waals surface area contributed by atoms with Crippen molar-refractivity contribution in [3.8, 4) is 0 Å². The number of benzene rings is 1. The smallest absolute Gasteiger partial charge is 0.253 e. The molecule has 1 rings (SSSR count). The van der Waals surface area contributed by atoms with E-state index >= 15 is 0 Å². The Hall–Kier alpha value is -0.350. The lowest BCUT2D eigenvalue weighted by atomic mass is 10.1. The molecule has 0 fully saturated rings. The van der Waals surface area contributed by atoms with Gasteiger partial charge in [-0.3, -0.25) is 4.79 Å². The molecule has 1 amide bonds. The van der Waals surface area contributed by atoms with E-state index in [2.05, 4.69) is 59.6 Å². The minimum atomic E-state index is 0.123. The predicted molar refractivity (Wildman–Crippen MR) is 96.7 cm³/mol. The normalized spacial score (nSPS) is 11.2. The van der Waals surface area contributed by atoms with Gasteiger partial charge in [0.15, 0.2) is 0 Å². The van der Waals surface area contributed by atoms with Gasteiger partial charge in [0.2, 0.25) is 0 Å². The van der Waals surface area contributed by atoms with E-state index in [-0.39, 0.29) is 5.91 Å². The van der Waals surface area contributed by atoms with E-state index in [1.165, 1.54) is 0 Å². The predicted octanol–water partition coefficient (Wildman–Crippen LogP) is 5.75. The highest BCUT2D eigenvalue weighted by Gasteiger charge is 2.17. The summed E-state index contributed by atoms with van der Waals surface area (Å²) in [4.78, 5) is 14.8. The summed E-state index contributed by atoms with van der Waals surface area (Å²) in [7, 11) is 0. The third kappa shape index (κ3) is 6.96. The summed E-state index contributed by atoms with van der Waals surface area (Å²) in [5.41, 5.74) is 0.740. The summed E-state index contributed by atoms with van der Waals surface area (Å²) < 4.78 is 1.85. The molecular formula is C17H25Br2NO. The molecule has 0 saturated carbocycles. The second-order valence-corrected chi connectivity index (χ2v) is 8.15. The van der Waals surface area contributed by atoms with Gasteiger partial charge in [-0.2, -0.15) is 0 Å². The fraction of sp³-hybridized carbons (Fsp3) is 0.588. The Kier molecular flexibility index (Phi) is 7.96. The molecule has 118 valence electrons. The number of nitrogens with zero attached hydrogens (tertiary/aromatic N) is 1. The van der Waals surface area contributed by atoms with Gasteiger partial charge < -0.3 is 4.90 Å². The van der Waals surface area contributed by atoms with Crippen molar-refractivity contribution in [2.75, 3.05) is 13.1 Å². The molecular weight excluding hydrogens is 394 g/mol. The Labute approximate surface area is 145 Å². The molecule has 0 heterocycles. The molecule has 0 N–H and O–H groups in total. The average Bonchev–Trinajstić information content (AvgIpc) is 2.36.